The second kappa shape index (κ2) is 10.4. The van der Waals surface area contributed by atoms with Gasteiger partial charge in [0, 0.05) is 38.2 Å². The number of ether oxygens (including phenoxy) is 1. The molecular weight excluding hydrogens is 262 g/mol. The lowest BCUT2D eigenvalue weighted by Gasteiger charge is -2.28. The van der Waals surface area contributed by atoms with Crippen LogP contribution in [0.3, 0.4) is 0 Å². The van der Waals surface area contributed by atoms with Crippen molar-refractivity contribution in [3.63, 3.8) is 0 Å². The molecule has 1 unspecified atom stereocenters. The smallest absolute Gasteiger partial charge is 0.0589 e. The van der Waals surface area contributed by atoms with Crippen LogP contribution in [0, 0.1) is 11.8 Å². The number of rotatable bonds is 8. The van der Waals surface area contributed by atoms with E-state index in [1.807, 2.05) is 12.1 Å². The van der Waals surface area contributed by atoms with Crippen LogP contribution in [0.2, 0.25) is 0 Å². The van der Waals surface area contributed by atoms with Crippen LogP contribution in [-0.2, 0) is 11.3 Å². The Morgan fingerprint density at radius 1 is 1.38 bits per heavy atom. The Morgan fingerprint density at radius 2 is 2.19 bits per heavy atom. The molecule has 116 valence electrons. The van der Waals surface area contributed by atoms with E-state index in [2.05, 4.69) is 42.7 Å². The third-order valence-corrected chi connectivity index (χ3v) is 3.58. The number of aliphatic hydroxyl groups excluding tert-OH is 1. The minimum atomic E-state index is 0.117. The molecule has 3 heteroatoms. The zero-order valence-corrected chi connectivity index (χ0v) is 13.4. The van der Waals surface area contributed by atoms with Gasteiger partial charge in [0.05, 0.1) is 13.2 Å². The van der Waals surface area contributed by atoms with Crippen molar-refractivity contribution in [3.05, 3.63) is 35.4 Å². The summed E-state index contributed by atoms with van der Waals surface area (Å²) < 4.78 is 5.21. The van der Waals surface area contributed by atoms with E-state index in [4.69, 9.17) is 9.84 Å². The fourth-order valence-corrected chi connectivity index (χ4v) is 2.12. The highest BCUT2D eigenvalue weighted by Gasteiger charge is 2.12. The van der Waals surface area contributed by atoms with Gasteiger partial charge in [-0.15, -0.1) is 0 Å². The van der Waals surface area contributed by atoms with Crippen LogP contribution in [-0.4, -0.2) is 42.9 Å². The molecule has 0 bridgehead atoms. The van der Waals surface area contributed by atoms with E-state index in [0.29, 0.717) is 12.5 Å². The predicted octanol–water partition coefficient (Wildman–Crippen LogP) is 2.67. The van der Waals surface area contributed by atoms with Crippen molar-refractivity contribution in [2.45, 2.75) is 39.3 Å². The fourth-order valence-electron chi connectivity index (χ4n) is 2.12. The number of hydrogen-bond donors (Lipinski definition) is 1. The Hall–Kier alpha value is -1.34. The van der Waals surface area contributed by atoms with Crippen molar-refractivity contribution in [2.24, 2.45) is 0 Å². The lowest BCUT2D eigenvalue weighted by Crippen LogP contribution is -2.34. The number of nitrogens with zero attached hydrogens (tertiary/aromatic N) is 1. The summed E-state index contributed by atoms with van der Waals surface area (Å²) in [6, 6.07) is 8.86. The Balaban J connectivity index is 2.74. The van der Waals surface area contributed by atoms with E-state index in [0.717, 1.165) is 31.7 Å². The molecule has 1 atom stereocenters. The molecule has 1 N–H and O–H groups in total. The summed E-state index contributed by atoms with van der Waals surface area (Å²) in [5.41, 5.74) is 2.28. The lowest BCUT2D eigenvalue weighted by atomic mass is 10.1. The molecular formula is C18H27NO2. The van der Waals surface area contributed by atoms with Gasteiger partial charge in [-0.2, -0.15) is 0 Å². The summed E-state index contributed by atoms with van der Waals surface area (Å²) in [6.45, 7) is 7.17. The van der Waals surface area contributed by atoms with Crippen molar-refractivity contribution in [3.8, 4) is 11.8 Å². The first-order valence-electron chi connectivity index (χ1n) is 7.62. The first kappa shape index (κ1) is 17.7. The first-order chi connectivity index (χ1) is 10.2. The Kier molecular flexibility index (Phi) is 8.77. The van der Waals surface area contributed by atoms with Crippen molar-refractivity contribution in [1.29, 1.82) is 0 Å². The Morgan fingerprint density at radius 3 is 2.86 bits per heavy atom. The molecule has 3 nitrogen and oxygen atoms in total. The van der Waals surface area contributed by atoms with Crippen LogP contribution in [0.5, 0.6) is 0 Å². The quantitative estimate of drug-likeness (QED) is 0.747. The van der Waals surface area contributed by atoms with Crippen molar-refractivity contribution < 1.29 is 9.84 Å². The summed E-state index contributed by atoms with van der Waals surface area (Å²) in [7, 11) is 1.74. The molecule has 0 aliphatic rings. The molecule has 0 aromatic heterocycles. The van der Waals surface area contributed by atoms with E-state index in [9.17, 15) is 0 Å². The van der Waals surface area contributed by atoms with Gasteiger partial charge in [0.1, 0.15) is 0 Å². The van der Waals surface area contributed by atoms with Gasteiger partial charge in [0.2, 0.25) is 0 Å². The second-order valence-corrected chi connectivity index (χ2v) is 5.20. The molecule has 0 amide bonds. The Bertz CT molecular complexity index is 462. The summed E-state index contributed by atoms with van der Waals surface area (Å²) in [5, 5.41) is 8.77. The SMILES string of the molecule is CCC(C)N(CCOC)Cc1cccc(C#CCCO)c1. The van der Waals surface area contributed by atoms with E-state index in [1.165, 1.54) is 5.56 Å². The highest BCUT2D eigenvalue weighted by atomic mass is 16.5. The molecule has 0 radical (unpaired) electrons. The highest BCUT2D eigenvalue weighted by Crippen LogP contribution is 2.12. The van der Waals surface area contributed by atoms with E-state index in [-0.39, 0.29) is 6.61 Å². The third kappa shape index (κ3) is 6.77. The average molecular weight is 289 g/mol. The second-order valence-electron chi connectivity index (χ2n) is 5.20. The van der Waals surface area contributed by atoms with E-state index in [1.54, 1.807) is 7.11 Å². The predicted molar refractivity (Wildman–Crippen MR) is 87.1 cm³/mol. The maximum absolute atomic E-state index is 8.77. The number of aliphatic hydroxyl groups is 1. The maximum atomic E-state index is 8.77. The molecule has 1 rings (SSSR count). The van der Waals surface area contributed by atoms with E-state index < -0.39 is 0 Å². The summed E-state index contributed by atoms with van der Waals surface area (Å²) in [5.74, 6) is 6.06. The average Bonchev–Trinajstić information content (AvgIpc) is 2.51. The maximum Gasteiger partial charge on any atom is 0.0589 e. The van der Waals surface area contributed by atoms with Gasteiger partial charge >= 0.3 is 0 Å². The first-order valence-corrected chi connectivity index (χ1v) is 7.62. The number of hydrogen-bond acceptors (Lipinski definition) is 3. The normalized spacial score (nSPS) is 12.0. The lowest BCUT2D eigenvalue weighted by molar-refractivity contribution is 0.118. The monoisotopic (exact) mass is 289 g/mol. The van der Waals surface area contributed by atoms with Gasteiger partial charge in [-0.1, -0.05) is 30.9 Å². The van der Waals surface area contributed by atoms with Gasteiger partial charge in [-0.25, -0.2) is 0 Å². The molecule has 21 heavy (non-hydrogen) atoms. The van der Waals surface area contributed by atoms with Crippen LogP contribution >= 0.6 is 0 Å². The molecule has 0 saturated heterocycles. The molecule has 0 heterocycles. The van der Waals surface area contributed by atoms with Gasteiger partial charge in [0.15, 0.2) is 0 Å². The number of methoxy groups -OCH3 is 1. The van der Waals surface area contributed by atoms with E-state index >= 15 is 0 Å². The zero-order valence-electron chi connectivity index (χ0n) is 13.4. The molecule has 1 aromatic carbocycles. The molecule has 0 aliphatic heterocycles. The van der Waals surface area contributed by atoms with Gasteiger partial charge in [0.25, 0.3) is 0 Å². The van der Waals surface area contributed by atoms with Crippen molar-refractivity contribution >= 4 is 0 Å². The van der Waals surface area contributed by atoms with Crippen molar-refractivity contribution in [1.82, 2.24) is 4.90 Å². The number of benzene rings is 1. The van der Waals surface area contributed by atoms with Crippen LogP contribution in [0.25, 0.3) is 0 Å². The van der Waals surface area contributed by atoms with Gasteiger partial charge in [-0.05, 0) is 31.0 Å². The van der Waals surface area contributed by atoms with Crippen LogP contribution < -0.4 is 0 Å². The van der Waals surface area contributed by atoms with Crippen molar-refractivity contribution in [2.75, 3.05) is 26.9 Å². The molecule has 1 aromatic rings. The standard InChI is InChI=1S/C18H27NO2/c1-4-16(2)19(11-13-21-3)15-18-10-7-9-17(14-18)8-5-6-12-20/h7,9-10,14,16,20H,4,6,11-13,15H2,1-3H3. The van der Waals surface area contributed by atoms with Gasteiger partial charge < -0.3 is 9.84 Å². The minimum Gasteiger partial charge on any atom is -0.395 e. The third-order valence-electron chi connectivity index (χ3n) is 3.58. The van der Waals surface area contributed by atoms with Gasteiger partial charge in [-0.3, -0.25) is 4.90 Å². The zero-order chi connectivity index (χ0) is 15.5. The minimum absolute atomic E-state index is 0.117. The van der Waals surface area contributed by atoms with Crippen LogP contribution in [0.4, 0.5) is 0 Å². The molecule has 0 aliphatic carbocycles. The molecule has 0 saturated carbocycles. The van der Waals surface area contributed by atoms with Crippen LogP contribution in [0.1, 0.15) is 37.8 Å². The highest BCUT2D eigenvalue weighted by molar-refractivity contribution is 5.37. The Labute approximate surface area is 128 Å². The summed E-state index contributed by atoms with van der Waals surface area (Å²) in [6.07, 6.45) is 1.65. The fraction of sp³-hybridized carbons (Fsp3) is 0.556. The largest absolute Gasteiger partial charge is 0.395 e. The topological polar surface area (TPSA) is 32.7 Å². The molecule has 0 fully saturated rings. The summed E-state index contributed by atoms with van der Waals surface area (Å²) in [4.78, 5) is 2.43. The molecule has 0 spiro atoms. The van der Waals surface area contributed by atoms with Crippen LogP contribution in [0.15, 0.2) is 24.3 Å². The summed E-state index contributed by atoms with van der Waals surface area (Å²) >= 11 is 0.